The molecule has 0 saturated heterocycles. The van der Waals surface area contributed by atoms with Crippen molar-refractivity contribution in [2.75, 3.05) is 0 Å². The van der Waals surface area contributed by atoms with Gasteiger partial charge in [-0.3, -0.25) is 0 Å². The average molecular weight is 123 g/mol. The fourth-order valence-electron chi connectivity index (χ4n) is 0.921. The summed E-state index contributed by atoms with van der Waals surface area (Å²) in [5.74, 6) is 0.456. The average Bonchev–Trinajstić information content (AvgIpc) is 1.88. The minimum atomic E-state index is -0.134. The van der Waals surface area contributed by atoms with E-state index >= 15 is 0 Å². The summed E-state index contributed by atoms with van der Waals surface area (Å²) in [7, 11) is 0. The van der Waals surface area contributed by atoms with Crippen LogP contribution in [0.1, 0.15) is 13.3 Å². The lowest BCUT2D eigenvalue weighted by Gasteiger charge is -2.09. The van der Waals surface area contributed by atoms with Gasteiger partial charge in [-0.2, -0.15) is 4.91 Å². The maximum absolute atomic E-state index is 9.97. The Labute approximate surface area is 54.2 Å². The molecule has 0 heterocycles. The molecule has 0 spiro atoms. The van der Waals surface area contributed by atoms with E-state index in [4.69, 9.17) is 0 Å². The largest absolute Gasteiger partial charge is 0.150 e. The zero-order chi connectivity index (χ0) is 6.69. The molecule has 0 aromatic heterocycles. The van der Waals surface area contributed by atoms with E-state index in [0.717, 1.165) is 6.42 Å². The minimum absolute atomic E-state index is 0.134. The minimum Gasteiger partial charge on any atom is -0.150 e. The maximum atomic E-state index is 9.97. The Morgan fingerprint density at radius 2 is 2.44 bits per heavy atom. The van der Waals surface area contributed by atoms with Crippen LogP contribution >= 0.6 is 0 Å². The molecule has 0 bridgehead atoms. The summed E-state index contributed by atoms with van der Waals surface area (Å²) < 4.78 is 0. The summed E-state index contributed by atoms with van der Waals surface area (Å²) in [4.78, 5) is 9.97. The lowest BCUT2D eigenvalue weighted by Crippen LogP contribution is -2.06. The van der Waals surface area contributed by atoms with Gasteiger partial charge in [0.05, 0.1) is 0 Å². The van der Waals surface area contributed by atoms with Crippen LogP contribution in [0.4, 0.5) is 0 Å². The molecule has 2 unspecified atom stereocenters. The van der Waals surface area contributed by atoms with Crippen LogP contribution in [0.3, 0.4) is 0 Å². The Hall–Kier alpha value is -0.880. The van der Waals surface area contributed by atoms with Gasteiger partial charge in [-0.25, -0.2) is 0 Å². The van der Waals surface area contributed by atoms with Gasteiger partial charge in [-0.15, -0.1) is 5.73 Å². The van der Waals surface area contributed by atoms with Crippen molar-refractivity contribution in [3.63, 3.8) is 0 Å². The van der Waals surface area contributed by atoms with E-state index in [2.05, 4.69) is 17.8 Å². The van der Waals surface area contributed by atoms with Crippen LogP contribution < -0.4 is 0 Å². The van der Waals surface area contributed by atoms with Crippen LogP contribution in [0.15, 0.2) is 23.1 Å². The summed E-state index contributed by atoms with van der Waals surface area (Å²) in [6.45, 7) is 2.05. The van der Waals surface area contributed by atoms with E-state index in [0.29, 0.717) is 5.92 Å². The molecule has 2 atom stereocenters. The molecule has 0 aromatic carbocycles. The van der Waals surface area contributed by atoms with Gasteiger partial charge in [0.15, 0.2) is 0 Å². The molecular formula is C7H9NO. The van der Waals surface area contributed by atoms with Crippen LogP contribution in [0.25, 0.3) is 0 Å². The van der Waals surface area contributed by atoms with Gasteiger partial charge < -0.3 is 0 Å². The standard InChI is InChI=1S/C7H9NO/c1-6-3-2-4-7(5-6)8-9/h3-4,6-7H,5H2,1H3. The van der Waals surface area contributed by atoms with Crippen molar-refractivity contribution in [2.45, 2.75) is 19.4 Å². The van der Waals surface area contributed by atoms with Gasteiger partial charge in [-0.05, 0) is 24.5 Å². The number of nitrogens with zero attached hydrogens (tertiary/aromatic N) is 1. The first-order chi connectivity index (χ1) is 4.33. The fraction of sp³-hybridized carbons (Fsp3) is 0.571. The number of nitroso groups, excluding NO2 is 1. The highest BCUT2D eigenvalue weighted by Gasteiger charge is 2.10. The van der Waals surface area contributed by atoms with Gasteiger partial charge in [-0.1, -0.05) is 12.1 Å². The molecule has 1 aliphatic rings. The van der Waals surface area contributed by atoms with Gasteiger partial charge in [0, 0.05) is 0 Å². The normalized spacial score (nSPS) is 32.6. The van der Waals surface area contributed by atoms with Gasteiger partial charge in [0.25, 0.3) is 0 Å². The Bertz CT molecular complexity index is 168. The zero-order valence-corrected chi connectivity index (χ0v) is 5.37. The molecule has 0 saturated carbocycles. The van der Waals surface area contributed by atoms with Crippen molar-refractivity contribution in [3.8, 4) is 0 Å². The molecule has 0 N–H and O–H groups in total. The van der Waals surface area contributed by atoms with Crippen LogP contribution in [-0.4, -0.2) is 6.04 Å². The predicted octanol–water partition coefficient (Wildman–Crippen LogP) is 1.87. The molecule has 0 aliphatic heterocycles. The SMILES string of the molecule is CC1C=C=CC(N=O)C1. The zero-order valence-electron chi connectivity index (χ0n) is 5.37. The van der Waals surface area contributed by atoms with Gasteiger partial charge >= 0.3 is 0 Å². The first kappa shape index (κ1) is 6.24. The lowest BCUT2D eigenvalue weighted by atomic mass is 9.99. The second-order valence-corrected chi connectivity index (χ2v) is 2.39. The predicted molar refractivity (Wildman–Crippen MR) is 36.0 cm³/mol. The van der Waals surface area contributed by atoms with Crippen molar-refractivity contribution in [3.05, 3.63) is 22.8 Å². The molecule has 0 fully saturated rings. The summed E-state index contributed by atoms with van der Waals surface area (Å²) in [5.41, 5.74) is 2.89. The molecular weight excluding hydrogens is 114 g/mol. The monoisotopic (exact) mass is 123 g/mol. The molecule has 1 rings (SSSR count). The third-order valence-corrected chi connectivity index (χ3v) is 1.42. The smallest absolute Gasteiger partial charge is 0.118 e. The summed E-state index contributed by atoms with van der Waals surface area (Å²) >= 11 is 0. The van der Waals surface area contributed by atoms with Gasteiger partial charge in [0.2, 0.25) is 0 Å². The highest BCUT2D eigenvalue weighted by molar-refractivity contribution is 5.02. The second kappa shape index (κ2) is 2.60. The van der Waals surface area contributed by atoms with Crippen molar-refractivity contribution < 1.29 is 0 Å². The van der Waals surface area contributed by atoms with Crippen LogP contribution in [0, 0.1) is 10.8 Å². The number of rotatable bonds is 1. The number of hydrogen-bond donors (Lipinski definition) is 0. The highest BCUT2D eigenvalue weighted by Crippen LogP contribution is 2.14. The first-order valence-electron chi connectivity index (χ1n) is 3.08. The summed E-state index contributed by atoms with van der Waals surface area (Å²) in [5, 5.41) is 2.91. The molecule has 9 heavy (non-hydrogen) atoms. The molecule has 2 nitrogen and oxygen atoms in total. The molecule has 1 aliphatic carbocycles. The summed E-state index contributed by atoms with van der Waals surface area (Å²) in [6, 6.07) is -0.134. The van der Waals surface area contributed by atoms with Crippen molar-refractivity contribution in [1.82, 2.24) is 0 Å². The third-order valence-electron chi connectivity index (χ3n) is 1.42. The maximum Gasteiger partial charge on any atom is 0.118 e. The van der Waals surface area contributed by atoms with Gasteiger partial charge in [0.1, 0.15) is 6.04 Å². The van der Waals surface area contributed by atoms with E-state index in [1.807, 2.05) is 6.08 Å². The van der Waals surface area contributed by atoms with Crippen molar-refractivity contribution in [2.24, 2.45) is 11.1 Å². The fourth-order valence-corrected chi connectivity index (χ4v) is 0.921. The van der Waals surface area contributed by atoms with Crippen LogP contribution in [-0.2, 0) is 0 Å². The quantitative estimate of drug-likeness (QED) is 0.386. The lowest BCUT2D eigenvalue weighted by molar-refractivity contribution is 0.584. The number of hydrogen-bond acceptors (Lipinski definition) is 2. The van der Waals surface area contributed by atoms with Crippen molar-refractivity contribution in [1.29, 1.82) is 0 Å². The topological polar surface area (TPSA) is 29.4 Å². The second-order valence-electron chi connectivity index (χ2n) is 2.39. The highest BCUT2D eigenvalue weighted by atomic mass is 16.3. The van der Waals surface area contributed by atoms with E-state index in [-0.39, 0.29) is 6.04 Å². The Balaban J connectivity index is 2.65. The van der Waals surface area contributed by atoms with Crippen LogP contribution in [0.5, 0.6) is 0 Å². The van der Waals surface area contributed by atoms with E-state index < -0.39 is 0 Å². The Kier molecular flexibility index (Phi) is 1.81. The molecule has 2 heteroatoms. The van der Waals surface area contributed by atoms with E-state index in [1.165, 1.54) is 0 Å². The van der Waals surface area contributed by atoms with Crippen molar-refractivity contribution >= 4 is 0 Å². The molecule has 48 valence electrons. The first-order valence-corrected chi connectivity index (χ1v) is 3.08. The molecule has 0 radical (unpaired) electrons. The Morgan fingerprint density at radius 3 is 2.89 bits per heavy atom. The van der Waals surface area contributed by atoms with Crippen LogP contribution in [0.2, 0.25) is 0 Å². The third kappa shape index (κ3) is 1.51. The molecule has 0 amide bonds. The molecule has 0 aromatic rings. The Morgan fingerprint density at radius 1 is 1.67 bits per heavy atom. The van der Waals surface area contributed by atoms with E-state index in [9.17, 15) is 4.91 Å². The van der Waals surface area contributed by atoms with E-state index in [1.54, 1.807) is 6.08 Å². The summed E-state index contributed by atoms with van der Waals surface area (Å²) in [6.07, 6.45) is 4.52.